The molecule has 142 valence electrons. The van der Waals surface area contributed by atoms with E-state index in [-0.39, 0.29) is 18.1 Å². The molecule has 0 fully saturated rings. The first-order chi connectivity index (χ1) is 12.1. The van der Waals surface area contributed by atoms with E-state index in [9.17, 15) is 14.3 Å². The molecule has 2 N–H and O–H groups in total. The normalized spacial score (nSPS) is 16.2. The second kappa shape index (κ2) is 8.66. The number of nitrogens with one attached hydrogen (secondary N) is 1. The highest BCUT2D eigenvalue weighted by Gasteiger charge is 2.29. The summed E-state index contributed by atoms with van der Waals surface area (Å²) in [6.45, 7) is 2.71. The number of imidazole rings is 1. The largest absolute Gasteiger partial charge is 0.389 e. The molecule has 0 saturated carbocycles. The molecule has 1 aromatic carbocycles. The summed E-state index contributed by atoms with van der Waals surface area (Å²) in [5.41, 5.74) is 1.95. The number of halogens is 2. The highest BCUT2D eigenvalue weighted by atomic mass is 35.5. The summed E-state index contributed by atoms with van der Waals surface area (Å²) in [6, 6.07) is 3.84. The standard InChI is InChI=1S/C19H24FN3O2.ClH/c1-3-22-15-10-9-14(20)11-16(15)23(19(22)25)18(17(24)12-21-2)13-7-5-4-6-8-13;/h4-5,7,9-11,17-18,21,24H,3,6,8,12H2,1-2H3;1H/t17?,18-;/m0./s1. The van der Waals surface area contributed by atoms with Crippen LogP contribution in [0, 0.1) is 5.82 Å². The predicted molar refractivity (Wildman–Crippen MR) is 105 cm³/mol. The van der Waals surface area contributed by atoms with E-state index in [0.717, 1.165) is 18.4 Å². The number of likely N-dealkylation sites (N-methyl/N-ethyl adjacent to an activating group) is 1. The molecular weight excluding hydrogens is 357 g/mol. The molecule has 0 spiro atoms. The lowest BCUT2D eigenvalue weighted by molar-refractivity contribution is 0.127. The molecule has 2 aromatic rings. The van der Waals surface area contributed by atoms with Crippen LogP contribution in [-0.2, 0) is 6.54 Å². The Balaban J connectivity index is 0.00000243. The average molecular weight is 382 g/mol. The highest BCUT2D eigenvalue weighted by Crippen LogP contribution is 2.30. The van der Waals surface area contributed by atoms with Gasteiger partial charge in [-0.3, -0.25) is 9.13 Å². The first-order valence-corrected chi connectivity index (χ1v) is 8.67. The van der Waals surface area contributed by atoms with Crippen molar-refractivity contribution >= 4 is 23.4 Å². The minimum Gasteiger partial charge on any atom is -0.389 e. The maximum Gasteiger partial charge on any atom is 0.329 e. The lowest BCUT2D eigenvalue weighted by Gasteiger charge is -2.28. The molecule has 1 heterocycles. The zero-order valence-corrected chi connectivity index (χ0v) is 15.8. The van der Waals surface area contributed by atoms with Crippen LogP contribution in [0.2, 0.25) is 0 Å². The smallest absolute Gasteiger partial charge is 0.329 e. The second-order valence-electron chi connectivity index (χ2n) is 6.31. The van der Waals surface area contributed by atoms with Gasteiger partial charge in [0.05, 0.1) is 23.2 Å². The summed E-state index contributed by atoms with van der Waals surface area (Å²) in [6.07, 6.45) is 6.80. The van der Waals surface area contributed by atoms with Gasteiger partial charge in [-0.2, -0.15) is 0 Å². The van der Waals surface area contributed by atoms with Crippen molar-refractivity contribution in [2.45, 2.75) is 38.5 Å². The summed E-state index contributed by atoms with van der Waals surface area (Å²) in [7, 11) is 1.76. The predicted octanol–water partition coefficient (Wildman–Crippen LogP) is 2.78. The molecule has 2 atom stereocenters. The van der Waals surface area contributed by atoms with Crippen molar-refractivity contribution in [3.63, 3.8) is 0 Å². The number of hydrogen-bond acceptors (Lipinski definition) is 3. The Kier molecular flexibility index (Phi) is 6.81. The Morgan fingerprint density at radius 1 is 1.35 bits per heavy atom. The number of aliphatic hydroxyl groups excluding tert-OH is 1. The van der Waals surface area contributed by atoms with Crippen molar-refractivity contribution in [1.29, 1.82) is 0 Å². The topological polar surface area (TPSA) is 59.2 Å². The third kappa shape index (κ3) is 3.63. The van der Waals surface area contributed by atoms with Gasteiger partial charge >= 0.3 is 5.69 Å². The summed E-state index contributed by atoms with van der Waals surface area (Å²) < 4.78 is 17.1. The molecule has 7 heteroatoms. The van der Waals surface area contributed by atoms with Crippen molar-refractivity contribution < 1.29 is 9.50 Å². The summed E-state index contributed by atoms with van der Waals surface area (Å²) in [5.74, 6) is -0.395. The molecule has 5 nitrogen and oxygen atoms in total. The Hall–Kier alpha value is -1.89. The van der Waals surface area contributed by atoms with Crippen LogP contribution in [-0.4, -0.2) is 33.9 Å². The van der Waals surface area contributed by atoms with E-state index >= 15 is 0 Å². The number of nitrogens with zero attached hydrogens (tertiary/aromatic N) is 2. The molecule has 26 heavy (non-hydrogen) atoms. The van der Waals surface area contributed by atoms with Gasteiger partial charge in [0.2, 0.25) is 0 Å². The molecular formula is C19H25ClFN3O2. The quantitative estimate of drug-likeness (QED) is 0.808. The van der Waals surface area contributed by atoms with Crippen LogP contribution in [0.15, 0.2) is 46.8 Å². The van der Waals surface area contributed by atoms with Crippen LogP contribution in [0.3, 0.4) is 0 Å². The third-order valence-corrected chi connectivity index (χ3v) is 4.72. The van der Waals surface area contributed by atoms with E-state index in [1.54, 1.807) is 22.2 Å². The minimum absolute atomic E-state index is 0. The van der Waals surface area contributed by atoms with Gasteiger partial charge in [0.1, 0.15) is 5.82 Å². The molecule has 1 aromatic heterocycles. The summed E-state index contributed by atoms with van der Waals surface area (Å²) in [5, 5.41) is 13.7. The van der Waals surface area contributed by atoms with Crippen LogP contribution in [0.5, 0.6) is 0 Å². The van der Waals surface area contributed by atoms with Crippen LogP contribution in [0.4, 0.5) is 4.39 Å². The van der Waals surface area contributed by atoms with E-state index in [2.05, 4.69) is 11.4 Å². The summed E-state index contributed by atoms with van der Waals surface area (Å²) >= 11 is 0. The van der Waals surface area contributed by atoms with Crippen LogP contribution in [0.25, 0.3) is 11.0 Å². The molecule has 1 aliphatic rings. The monoisotopic (exact) mass is 381 g/mol. The SMILES string of the molecule is CCn1c(=O)n([C@@H](C2=CC=CCC2)C(O)CNC)c2cc(F)ccc21.Cl. The zero-order valence-electron chi connectivity index (χ0n) is 15.0. The van der Waals surface area contributed by atoms with Crippen molar-refractivity contribution in [3.05, 3.63) is 58.3 Å². The average Bonchev–Trinajstić information content (AvgIpc) is 2.88. The van der Waals surface area contributed by atoms with Crippen LogP contribution >= 0.6 is 12.4 Å². The Morgan fingerprint density at radius 3 is 2.73 bits per heavy atom. The van der Waals surface area contributed by atoms with Crippen LogP contribution in [0.1, 0.15) is 25.8 Å². The lowest BCUT2D eigenvalue weighted by Crippen LogP contribution is -2.39. The minimum atomic E-state index is -0.792. The van der Waals surface area contributed by atoms with E-state index in [4.69, 9.17) is 0 Å². The molecule has 0 aliphatic heterocycles. The Bertz CT molecular complexity index is 885. The summed E-state index contributed by atoms with van der Waals surface area (Å²) in [4.78, 5) is 13.1. The van der Waals surface area contributed by atoms with Gasteiger partial charge in [-0.15, -0.1) is 12.4 Å². The van der Waals surface area contributed by atoms with E-state index in [1.807, 2.05) is 19.1 Å². The molecule has 1 unspecified atom stereocenters. The van der Waals surface area contributed by atoms with Gasteiger partial charge in [0.25, 0.3) is 0 Å². The van der Waals surface area contributed by atoms with E-state index in [0.29, 0.717) is 24.1 Å². The fraction of sp³-hybridized carbons (Fsp3) is 0.421. The molecule has 0 saturated heterocycles. The fourth-order valence-electron chi connectivity index (χ4n) is 3.60. The maximum absolute atomic E-state index is 13.9. The first-order valence-electron chi connectivity index (χ1n) is 8.67. The lowest BCUT2D eigenvalue weighted by atomic mass is 9.93. The number of rotatable bonds is 6. The first kappa shape index (κ1) is 20.4. The fourth-order valence-corrected chi connectivity index (χ4v) is 3.60. The van der Waals surface area contributed by atoms with Gasteiger partial charge in [-0.25, -0.2) is 9.18 Å². The maximum atomic E-state index is 13.9. The van der Waals surface area contributed by atoms with Crippen molar-refractivity contribution in [3.8, 4) is 0 Å². The molecule has 0 amide bonds. The Labute approximate surface area is 158 Å². The molecule has 1 aliphatic carbocycles. The van der Waals surface area contributed by atoms with Crippen molar-refractivity contribution in [2.75, 3.05) is 13.6 Å². The number of benzene rings is 1. The van der Waals surface area contributed by atoms with Gasteiger partial charge in [0.15, 0.2) is 0 Å². The molecule has 3 rings (SSSR count). The third-order valence-electron chi connectivity index (χ3n) is 4.72. The zero-order chi connectivity index (χ0) is 18.0. The number of aromatic nitrogens is 2. The van der Waals surface area contributed by atoms with E-state index in [1.165, 1.54) is 12.1 Å². The number of allylic oxidation sites excluding steroid dienone is 3. The van der Waals surface area contributed by atoms with Crippen molar-refractivity contribution in [2.24, 2.45) is 0 Å². The number of aryl methyl sites for hydroxylation is 1. The van der Waals surface area contributed by atoms with Crippen molar-refractivity contribution in [1.82, 2.24) is 14.5 Å². The van der Waals surface area contributed by atoms with Gasteiger partial charge in [0, 0.05) is 13.1 Å². The van der Waals surface area contributed by atoms with Gasteiger partial charge < -0.3 is 10.4 Å². The van der Waals surface area contributed by atoms with Gasteiger partial charge in [-0.05, 0) is 50.6 Å². The van der Waals surface area contributed by atoms with Gasteiger partial charge in [-0.1, -0.05) is 18.2 Å². The second-order valence-corrected chi connectivity index (χ2v) is 6.31. The molecule has 0 radical (unpaired) electrons. The number of hydrogen-bond donors (Lipinski definition) is 2. The van der Waals surface area contributed by atoms with Crippen LogP contribution < -0.4 is 11.0 Å². The van der Waals surface area contributed by atoms with E-state index < -0.39 is 18.0 Å². The number of aliphatic hydroxyl groups is 1. The molecule has 0 bridgehead atoms. The highest BCUT2D eigenvalue weighted by molar-refractivity contribution is 5.85. The number of fused-ring (bicyclic) bond motifs is 1. The Morgan fingerprint density at radius 2 is 2.12 bits per heavy atom.